The van der Waals surface area contributed by atoms with Crippen LogP contribution in [0.1, 0.15) is 30.0 Å². The molecule has 0 unspecified atom stereocenters. The van der Waals surface area contributed by atoms with E-state index in [0.717, 1.165) is 18.4 Å². The molecule has 2 aromatic carbocycles. The van der Waals surface area contributed by atoms with Gasteiger partial charge in [-0.2, -0.15) is 0 Å². The van der Waals surface area contributed by atoms with Crippen molar-refractivity contribution >= 4 is 11.6 Å². The van der Waals surface area contributed by atoms with E-state index in [0.29, 0.717) is 23.6 Å². The summed E-state index contributed by atoms with van der Waals surface area (Å²) >= 11 is 0. The summed E-state index contributed by atoms with van der Waals surface area (Å²) < 4.78 is 10.7. The standard InChI is InChI=1S/C20H22N2O5/c1-26-15-9-10-16(19(13-15)27-2)18-8-5-11-21(18)20(23)12-14-6-3-4-7-17(14)22(24)25/h3-4,6-7,9-10,13,18H,5,8,11-12H2,1-2H3/t18-/m0/s1. The molecule has 7 nitrogen and oxygen atoms in total. The Balaban J connectivity index is 1.85. The van der Waals surface area contributed by atoms with Crippen LogP contribution in [-0.2, 0) is 11.2 Å². The first kappa shape index (κ1) is 18.7. The SMILES string of the molecule is COc1ccc([C@@H]2CCCN2C(=O)Cc2ccccc2[N+](=O)[O-])c(OC)c1. The number of para-hydroxylation sites is 1. The molecule has 0 N–H and O–H groups in total. The van der Waals surface area contributed by atoms with Crippen molar-refractivity contribution in [3.8, 4) is 11.5 Å². The molecule has 0 bridgehead atoms. The fraction of sp³-hybridized carbons (Fsp3) is 0.350. The van der Waals surface area contributed by atoms with E-state index >= 15 is 0 Å². The number of carbonyl (C=O) groups is 1. The molecule has 7 heteroatoms. The maximum absolute atomic E-state index is 12.9. The van der Waals surface area contributed by atoms with Gasteiger partial charge in [0.05, 0.1) is 31.6 Å². The minimum Gasteiger partial charge on any atom is -0.497 e. The number of methoxy groups -OCH3 is 2. The topological polar surface area (TPSA) is 81.9 Å². The van der Waals surface area contributed by atoms with Gasteiger partial charge in [-0.3, -0.25) is 14.9 Å². The van der Waals surface area contributed by atoms with E-state index in [1.807, 2.05) is 12.1 Å². The molecule has 142 valence electrons. The minimum absolute atomic E-state index is 0.00607. The van der Waals surface area contributed by atoms with Crippen LogP contribution in [0.3, 0.4) is 0 Å². The van der Waals surface area contributed by atoms with Crippen molar-refractivity contribution in [2.45, 2.75) is 25.3 Å². The van der Waals surface area contributed by atoms with Crippen LogP contribution in [0.5, 0.6) is 11.5 Å². The number of amides is 1. The highest BCUT2D eigenvalue weighted by Crippen LogP contribution is 2.39. The predicted molar refractivity (Wildman–Crippen MR) is 100 cm³/mol. The lowest BCUT2D eigenvalue weighted by Crippen LogP contribution is -2.32. The maximum Gasteiger partial charge on any atom is 0.273 e. The smallest absolute Gasteiger partial charge is 0.273 e. The number of likely N-dealkylation sites (tertiary alicyclic amines) is 1. The van der Waals surface area contributed by atoms with Crippen molar-refractivity contribution in [1.82, 2.24) is 4.90 Å². The largest absolute Gasteiger partial charge is 0.497 e. The van der Waals surface area contributed by atoms with E-state index in [9.17, 15) is 14.9 Å². The molecule has 3 rings (SSSR count). The molecule has 0 radical (unpaired) electrons. The van der Waals surface area contributed by atoms with Gasteiger partial charge >= 0.3 is 0 Å². The Bertz CT molecular complexity index is 852. The van der Waals surface area contributed by atoms with Gasteiger partial charge in [0, 0.05) is 29.8 Å². The van der Waals surface area contributed by atoms with Crippen molar-refractivity contribution in [2.75, 3.05) is 20.8 Å². The number of ether oxygens (including phenoxy) is 2. The van der Waals surface area contributed by atoms with Gasteiger partial charge < -0.3 is 14.4 Å². The molecular formula is C20H22N2O5. The Kier molecular flexibility index (Phi) is 5.59. The highest BCUT2D eigenvalue weighted by molar-refractivity contribution is 5.80. The van der Waals surface area contributed by atoms with E-state index in [1.54, 1.807) is 43.4 Å². The van der Waals surface area contributed by atoms with Crippen LogP contribution in [0, 0.1) is 10.1 Å². The fourth-order valence-electron chi connectivity index (χ4n) is 3.59. The molecule has 0 saturated carbocycles. The summed E-state index contributed by atoms with van der Waals surface area (Å²) in [6.07, 6.45) is 1.71. The number of benzene rings is 2. The Morgan fingerprint density at radius 1 is 1.22 bits per heavy atom. The van der Waals surface area contributed by atoms with Crippen LogP contribution in [0.15, 0.2) is 42.5 Å². The lowest BCUT2D eigenvalue weighted by Gasteiger charge is -2.26. The van der Waals surface area contributed by atoms with E-state index in [1.165, 1.54) is 6.07 Å². The minimum atomic E-state index is -0.448. The number of nitro groups is 1. The Morgan fingerprint density at radius 2 is 2.00 bits per heavy atom. The van der Waals surface area contributed by atoms with E-state index < -0.39 is 4.92 Å². The van der Waals surface area contributed by atoms with Crippen molar-refractivity contribution in [2.24, 2.45) is 0 Å². The van der Waals surface area contributed by atoms with E-state index in [-0.39, 0.29) is 24.1 Å². The Morgan fingerprint density at radius 3 is 2.70 bits per heavy atom. The second-order valence-electron chi connectivity index (χ2n) is 6.42. The van der Waals surface area contributed by atoms with Gasteiger partial charge in [-0.1, -0.05) is 18.2 Å². The normalized spacial score (nSPS) is 16.2. The number of nitro benzene ring substituents is 1. The lowest BCUT2D eigenvalue weighted by atomic mass is 10.0. The van der Waals surface area contributed by atoms with Crippen LogP contribution in [0.25, 0.3) is 0 Å². The molecule has 27 heavy (non-hydrogen) atoms. The van der Waals surface area contributed by atoms with E-state index in [4.69, 9.17) is 9.47 Å². The van der Waals surface area contributed by atoms with Crippen LogP contribution >= 0.6 is 0 Å². The molecule has 1 amide bonds. The molecule has 1 saturated heterocycles. The molecular weight excluding hydrogens is 348 g/mol. The van der Waals surface area contributed by atoms with Crippen molar-refractivity contribution in [3.63, 3.8) is 0 Å². The average molecular weight is 370 g/mol. The number of carbonyl (C=O) groups excluding carboxylic acids is 1. The molecule has 0 aromatic heterocycles. The van der Waals surface area contributed by atoms with Gasteiger partial charge in [0.15, 0.2) is 0 Å². The molecule has 0 aliphatic carbocycles. The molecule has 1 aliphatic rings. The van der Waals surface area contributed by atoms with Crippen molar-refractivity contribution in [1.29, 1.82) is 0 Å². The van der Waals surface area contributed by atoms with Crippen LogP contribution < -0.4 is 9.47 Å². The lowest BCUT2D eigenvalue weighted by molar-refractivity contribution is -0.385. The average Bonchev–Trinajstić information content (AvgIpc) is 3.17. The molecule has 1 atom stereocenters. The first-order chi connectivity index (χ1) is 13.0. The van der Waals surface area contributed by atoms with Gasteiger partial charge in [0.25, 0.3) is 5.69 Å². The van der Waals surface area contributed by atoms with Crippen molar-refractivity contribution in [3.05, 3.63) is 63.7 Å². The van der Waals surface area contributed by atoms with Crippen LogP contribution in [-0.4, -0.2) is 36.5 Å². The third-order valence-electron chi connectivity index (χ3n) is 4.90. The zero-order valence-corrected chi connectivity index (χ0v) is 15.4. The second-order valence-corrected chi connectivity index (χ2v) is 6.42. The first-order valence-corrected chi connectivity index (χ1v) is 8.79. The summed E-state index contributed by atoms with van der Waals surface area (Å²) in [5, 5.41) is 11.2. The number of rotatable bonds is 6. The monoisotopic (exact) mass is 370 g/mol. The highest BCUT2D eigenvalue weighted by Gasteiger charge is 2.32. The van der Waals surface area contributed by atoms with Gasteiger partial charge in [-0.15, -0.1) is 0 Å². The molecule has 2 aromatic rings. The maximum atomic E-state index is 12.9. The zero-order valence-electron chi connectivity index (χ0n) is 15.4. The summed E-state index contributed by atoms with van der Waals surface area (Å²) in [6, 6.07) is 11.8. The third-order valence-corrected chi connectivity index (χ3v) is 4.90. The zero-order chi connectivity index (χ0) is 19.4. The van der Waals surface area contributed by atoms with Gasteiger partial charge in [-0.25, -0.2) is 0 Å². The molecule has 1 aliphatic heterocycles. The number of nitrogens with zero attached hydrogens (tertiary/aromatic N) is 2. The Labute approximate surface area is 157 Å². The predicted octanol–water partition coefficient (Wildman–Crippen LogP) is 3.52. The summed E-state index contributed by atoms with van der Waals surface area (Å²) in [5.74, 6) is 1.24. The second kappa shape index (κ2) is 8.07. The van der Waals surface area contributed by atoms with Gasteiger partial charge in [0.2, 0.25) is 5.91 Å². The van der Waals surface area contributed by atoms with Gasteiger partial charge in [-0.05, 0) is 25.0 Å². The summed E-state index contributed by atoms with van der Waals surface area (Å²) in [4.78, 5) is 25.5. The Hall–Kier alpha value is -3.09. The fourth-order valence-corrected chi connectivity index (χ4v) is 3.59. The third kappa shape index (κ3) is 3.86. The molecule has 1 heterocycles. The van der Waals surface area contributed by atoms with Crippen LogP contribution in [0.2, 0.25) is 0 Å². The first-order valence-electron chi connectivity index (χ1n) is 8.79. The molecule has 0 spiro atoms. The summed E-state index contributed by atoms with van der Waals surface area (Å²) in [6.45, 7) is 0.624. The number of hydrogen-bond donors (Lipinski definition) is 0. The molecule has 1 fully saturated rings. The van der Waals surface area contributed by atoms with Crippen LogP contribution in [0.4, 0.5) is 5.69 Å². The summed E-state index contributed by atoms with van der Waals surface area (Å²) in [5.41, 5.74) is 1.33. The van der Waals surface area contributed by atoms with Crippen molar-refractivity contribution < 1.29 is 19.2 Å². The number of hydrogen-bond acceptors (Lipinski definition) is 5. The highest BCUT2D eigenvalue weighted by atomic mass is 16.6. The van der Waals surface area contributed by atoms with Gasteiger partial charge in [0.1, 0.15) is 11.5 Å². The summed E-state index contributed by atoms with van der Waals surface area (Å²) in [7, 11) is 3.18. The van der Waals surface area contributed by atoms with E-state index in [2.05, 4.69) is 0 Å². The quantitative estimate of drug-likeness (QED) is 0.574.